The largest absolute Gasteiger partial charge is 0.451 e. The molecule has 2 aliphatic carbocycles. The van der Waals surface area contributed by atoms with E-state index in [1.807, 2.05) is 24.3 Å². The first-order valence-electron chi connectivity index (χ1n) is 11.0. The lowest BCUT2D eigenvalue weighted by atomic mass is 9.90. The number of thiophene rings is 1. The lowest BCUT2D eigenvalue weighted by molar-refractivity contribution is -0.129. The predicted molar refractivity (Wildman–Crippen MR) is 120 cm³/mol. The van der Waals surface area contributed by atoms with Crippen LogP contribution in [0.3, 0.4) is 0 Å². The number of carbonyl (C=O) groups excluding carboxylic acids is 3. The van der Waals surface area contributed by atoms with Crippen LogP contribution in [0.2, 0.25) is 0 Å². The van der Waals surface area contributed by atoms with Crippen molar-refractivity contribution in [3.63, 3.8) is 0 Å². The molecule has 7 heteroatoms. The number of anilines is 2. The summed E-state index contributed by atoms with van der Waals surface area (Å²) in [5, 5.41) is 2.96. The molecule has 1 aromatic carbocycles. The van der Waals surface area contributed by atoms with Crippen molar-refractivity contribution in [3.05, 3.63) is 45.6 Å². The number of carbonyl (C=O) groups is 3. The average molecular weight is 439 g/mol. The smallest absolute Gasteiger partial charge is 0.348 e. The van der Waals surface area contributed by atoms with Gasteiger partial charge in [-0.2, -0.15) is 0 Å². The SMILES string of the molecule is C[C@@H]1CCc2sc(C(=O)OCC(=O)N3c4ccccc4NC(=O)C34CCCC4)cc2C1. The number of nitrogens with one attached hydrogen (secondary N) is 1. The summed E-state index contributed by atoms with van der Waals surface area (Å²) in [4.78, 5) is 42.4. The van der Waals surface area contributed by atoms with Gasteiger partial charge in [0.1, 0.15) is 10.4 Å². The molecule has 2 aromatic rings. The zero-order valence-corrected chi connectivity index (χ0v) is 18.4. The fourth-order valence-corrected chi connectivity index (χ4v) is 6.30. The van der Waals surface area contributed by atoms with Crippen LogP contribution in [-0.4, -0.2) is 29.9 Å². The lowest BCUT2D eigenvalue weighted by Crippen LogP contribution is -2.61. The van der Waals surface area contributed by atoms with Crippen molar-refractivity contribution >= 4 is 40.5 Å². The zero-order valence-electron chi connectivity index (χ0n) is 17.6. The van der Waals surface area contributed by atoms with E-state index in [0.717, 1.165) is 32.1 Å². The number of aryl methyl sites for hydroxylation is 1. The first-order valence-corrected chi connectivity index (χ1v) is 11.8. The second-order valence-corrected chi connectivity index (χ2v) is 10.1. The van der Waals surface area contributed by atoms with Crippen molar-refractivity contribution in [2.45, 2.75) is 57.4 Å². The Morgan fingerprint density at radius 3 is 2.84 bits per heavy atom. The Kier molecular flexibility index (Phi) is 5.08. The Hall–Kier alpha value is -2.67. The van der Waals surface area contributed by atoms with Crippen molar-refractivity contribution in [2.75, 3.05) is 16.8 Å². The van der Waals surface area contributed by atoms with Gasteiger partial charge in [-0.05, 0) is 61.8 Å². The summed E-state index contributed by atoms with van der Waals surface area (Å²) in [5.74, 6) is -0.341. The highest BCUT2D eigenvalue weighted by molar-refractivity contribution is 7.14. The molecule has 1 saturated carbocycles. The van der Waals surface area contributed by atoms with E-state index >= 15 is 0 Å². The van der Waals surface area contributed by atoms with Crippen LogP contribution in [0.25, 0.3) is 0 Å². The number of benzene rings is 1. The van der Waals surface area contributed by atoms with Crippen LogP contribution in [-0.2, 0) is 27.2 Å². The van der Waals surface area contributed by atoms with E-state index in [-0.39, 0.29) is 18.4 Å². The van der Waals surface area contributed by atoms with E-state index in [4.69, 9.17) is 4.74 Å². The molecular weight excluding hydrogens is 412 g/mol. The number of fused-ring (bicyclic) bond motifs is 2. The topological polar surface area (TPSA) is 75.7 Å². The Morgan fingerprint density at radius 1 is 1.26 bits per heavy atom. The molecule has 1 spiro atoms. The van der Waals surface area contributed by atoms with Gasteiger partial charge in [-0.3, -0.25) is 14.5 Å². The van der Waals surface area contributed by atoms with Gasteiger partial charge >= 0.3 is 5.97 Å². The first-order chi connectivity index (χ1) is 15.0. The Balaban J connectivity index is 1.35. The lowest BCUT2D eigenvalue weighted by Gasteiger charge is -2.44. The van der Waals surface area contributed by atoms with Crippen molar-refractivity contribution in [1.29, 1.82) is 0 Å². The summed E-state index contributed by atoms with van der Waals surface area (Å²) in [6.45, 7) is 1.85. The normalized spacial score (nSPS) is 21.4. The fourth-order valence-electron chi connectivity index (χ4n) is 5.20. The minimum atomic E-state index is -0.893. The van der Waals surface area contributed by atoms with Gasteiger partial charge in [-0.15, -0.1) is 11.3 Å². The number of hydrogen-bond acceptors (Lipinski definition) is 5. The zero-order chi connectivity index (χ0) is 21.6. The van der Waals surface area contributed by atoms with Crippen LogP contribution in [0.4, 0.5) is 11.4 Å². The first kappa shape index (κ1) is 20.2. The van der Waals surface area contributed by atoms with Crippen LogP contribution in [0.1, 0.15) is 59.1 Å². The molecule has 1 atom stereocenters. The molecule has 0 radical (unpaired) electrons. The molecule has 31 heavy (non-hydrogen) atoms. The van der Waals surface area contributed by atoms with E-state index < -0.39 is 11.5 Å². The van der Waals surface area contributed by atoms with Crippen molar-refractivity contribution in [3.8, 4) is 0 Å². The summed E-state index contributed by atoms with van der Waals surface area (Å²) in [6.07, 6.45) is 6.12. The summed E-state index contributed by atoms with van der Waals surface area (Å²) in [6, 6.07) is 9.22. The Morgan fingerprint density at radius 2 is 2.03 bits per heavy atom. The number of ether oxygens (including phenoxy) is 1. The van der Waals surface area contributed by atoms with E-state index in [1.54, 1.807) is 11.0 Å². The van der Waals surface area contributed by atoms with Crippen molar-refractivity contribution < 1.29 is 19.1 Å². The van der Waals surface area contributed by atoms with Gasteiger partial charge in [0.05, 0.1) is 11.4 Å². The highest BCUT2D eigenvalue weighted by atomic mass is 32.1. The van der Waals surface area contributed by atoms with Crippen molar-refractivity contribution in [1.82, 2.24) is 0 Å². The minimum absolute atomic E-state index is 0.150. The van der Waals surface area contributed by atoms with E-state index in [0.29, 0.717) is 35.0 Å². The Labute approximate surface area is 185 Å². The molecule has 2 heterocycles. The monoisotopic (exact) mass is 438 g/mol. The van der Waals surface area contributed by atoms with Gasteiger partial charge < -0.3 is 10.1 Å². The standard InChI is InChI=1S/C24H26N2O4S/c1-15-8-9-19-16(12-15)13-20(31-19)22(28)30-14-21(27)26-18-7-3-2-6-17(18)25-23(29)24(26)10-4-5-11-24/h2-3,6-7,13,15H,4-5,8-12,14H2,1H3,(H,25,29)/t15-/m1/s1. The van der Waals surface area contributed by atoms with Gasteiger partial charge in [0.25, 0.3) is 11.8 Å². The quantitative estimate of drug-likeness (QED) is 0.724. The summed E-state index contributed by atoms with van der Waals surface area (Å²) < 4.78 is 5.45. The number of rotatable bonds is 3. The van der Waals surface area contributed by atoms with Crippen LogP contribution in [0.5, 0.6) is 0 Å². The molecule has 5 rings (SSSR count). The molecule has 0 bridgehead atoms. The highest BCUT2D eigenvalue weighted by Gasteiger charge is 2.52. The molecule has 0 unspecified atom stereocenters. The molecule has 2 amide bonds. The third-order valence-electron chi connectivity index (χ3n) is 6.78. The van der Waals surface area contributed by atoms with E-state index in [1.165, 1.54) is 21.8 Å². The fraction of sp³-hybridized carbons (Fsp3) is 0.458. The van der Waals surface area contributed by atoms with Gasteiger partial charge in [-0.25, -0.2) is 4.79 Å². The van der Waals surface area contributed by atoms with Crippen LogP contribution in [0.15, 0.2) is 30.3 Å². The number of hydrogen-bond donors (Lipinski definition) is 1. The van der Waals surface area contributed by atoms with E-state index in [2.05, 4.69) is 12.2 Å². The molecule has 1 N–H and O–H groups in total. The van der Waals surface area contributed by atoms with Gasteiger partial charge in [0.2, 0.25) is 0 Å². The second-order valence-electron chi connectivity index (χ2n) is 8.92. The molecule has 162 valence electrons. The summed E-state index contributed by atoms with van der Waals surface area (Å²) >= 11 is 1.48. The predicted octanol–water partition coefficient (Wildman–Crippen LogP) is 4.33. The van der Waals surface area contributed by atoms with Crippen LogP contribution < -0.4 is 10.2 Å². The average Bonchev–Trinajstić information content (AvgIpc) is 3.40. The molecule has 3 aliphatic rings. The maximum absolute atomic E-state index is 13.3. The minimum Gasteiger partial charge on any atom is -0.451 e. The van der Waals surface area contributed by atoms with Gasteiger partial charge in [-0.1, -0.05) is 31.9 Å². The van der Waals surface area contributed by atoms with E-state index in [9.17, 15) is 14.4 Å². The number of esters is 1. The van der Waals surface area contributed by atoms with Gasteiger partial charge in [0.15, 0.2) is 6.61 Å². The maximum Gasteiger partial charge on any atom is 0.348 e. The number of amides is 2. The Bertz CT molecular complexity index is 1050. The third kappa shape index (κ3) is 3.45. The number of nitrogens with zero attached hydrogens (tertiary/aromatic N) is 1. The molecule has 1 aliphatic heterocycles. The second kappa shape index (κ2) is 7.79. The molecular formula is C24H26N2O4S. The molecule has 0 saturated heterocycles. The van der Waals surface area contributed by atoms with Crippen LogP contribution in [0, 0.1) is 5.92 Å². The third-order valence-corrected chi connectivity index (χ3v) is 8.00. The van der Waals surface area contributed by atoms with Gasteiger partial charge in [0, 0.05) is 4.88 Å². The molecule has 6 nitrogen and oxygen atoms in total. The van der Waals surface area contributed by atoms with Crippen molar-refractivity contribution in [2.24, 2.45) is 5.92 Å². The maximum atomic E-state index is 13.3. The summed E-state index contributed by atoms with van der Waals surface area (Å²) in [7, 11) is 0. The summed E-state index contributed by atoms with van der Waals surface area (Å²) in [5.41, 5.74) is 1.62. The molecule has 1 aromatic heterocycles. The van der Waals surface area contributed by atoms with Crippen LogP contribution >= 0.6 is 11.3 Å². The molecule has 1 fully saturated rings. The number of para-hydroxylation sites is 2. The highest BCUT2D eigenvalue weighted by Crippen LogP contribution is 2.45.